The van der Waals surface area contributed by atoms with Crippen LogP contribution in [0, 0.1) is 5.41 Å². The van der Waals surface area contributed by atoms with Crippen molar-refractivity contribution < 1.29 is 24.5 Å². The second-order valence-corrected chi connectivity index (χ2v) is 2.70. The highest BCUT2D eigenvalue weighted by Crippen LogP contribution is 2.26. The van der Waals surface area contributed by atoms with Crippen LogP contribution < -0.4 is 4.74 Å². The van der Waals surface area contributed by atoms with Crippen LogP contribution in [0.1, 0.15) is 5.56 Å². The third-order valence-corrected chi connectivity index (χ3v) is 1.62. The summed E-state index contributed by atoms with van der Waals surface area (Å²) in [6.45, 7) is 0. The second-order valence-electron chi connectivity index (χ2n) is 2.70. The monoisotopic (exact) mass is 237 g/mol. The summed E-state index contributed by atoms with van der Waals surface area (Å²) in [5.41, 5.74) is 0.655. The molecule has 90 valence electrons. The molecule has 3 N–H and O–H groups in total. The number of phenols is 1. The molecule has 0 aliphatic rings. The van der Waals surface area contributed by atoms with Crippen LogP contribution in [0.15, 0.2) is 24.3 Å². The largest absolute Gasteiger partial charge is 0.504 e. The number of hydrogen-bond acceptors (Lipinski definition) is 5. The van der Waals surface area contributed by atoms with Gasteiger partial charge in [-0.15, -0.1) is 0 Å². The number of isocyanates is 1. The maximum absolute atomic E-state index is 10.2. The molecule has 0 spiro atoms. The minimum atomic E-state index is -1.02. The molecule has 0 bridgehead atoms. The molecule has 1 rings (SSSR count). The molecule has 6 heteroatoms. The Morgan fingerprint density at radius 1 is 1.53 bits per heavy atom. The Morgan fingerprint density at radius 2 is 2.12 bits per heavy atom. The van der Waals surface area contributed by atoms with Gasteiger partial charge < -0.3 is 14.9 Å². The Hall–Kier alpha value is -2.59. The highest BCUT2D eigenvalue weighted by Gasteiger charge is 2.00. The Kier molecular flexibility index (Phi) is 6.50. The van der Waals surface area contributed by atoms with Crippen molar-refractivity contribution in [2.45, 2.75) is 0 Å². The summed E-state index contributed by atoms with van der Waals surface area (Å²) in [4.78, 5) is 18.6. The van der Waals surface area contributed by atoms with Gasteiger partial charge >= 0.3 is 5.97 Å². The number of carboxylic acid groups (broad SMARTS) is 1. The van der Waals surface area contributed by atoms with E-state index < -0.39 is 5.97 Å². The van der Waals surface area contributed by atoms with Crippen molar-refractivity contribution in [2.75, 3.05) is 7.11 Å². The van der Waals surface area contributed by atoms with Crippen LogP contribution in [0.3, 0.4) is 0 Å². The topological polar surface area (TPSA) is 108 Å². The van der Waals surface area contributed by atoms with E-state index in [2.05, 4.69) is 0 Å². The molecule has 0 unspecified atom stereocenters. The lowest BCUT2D eigenvalue weighted by atomic mass is 10.2. The number of aromatic hydroxyl groups is 1. The first-order valence-electron chi connectivity index (χ1n) is 4.37. The van der Waals surface area contributed by atoms with E-state index >= 15 is 0 Å². The van der Waals surface area contributed by atoms with E-state index in [-0.39, 0.29) is 5.75 Å². The second kappa shape index (κ2) is 7.67. The number of rotatable bonds is 3. The maximum Gasteiger partial charge on any atom is 0.328 e. The lowest BCUT2D eigenvalue weighted by Crippen LogP contribution is -1.87. The predicted molar refractivity (Wildman–Crippen MR) is 59.7 cm³/mol. The number of carbonyl (C=O) groups excluding carboxylic acids is 1. The normalized spacial score (nSPS) is 9.00. The van der Waals surface area contributed by atoms with Gasteiger partial charge in [0.25, 0.3) is 0 Å². The maximum atomic E-state index is 10.2. The lowest BCUT2D eigenvalue weighted by molar-refractivity contribution is -0.131. The molecule has 0 amide bonds. The van der Waals surface area contributed by atoms with Crippen LogP contribution in [-0.2, 0) is 9.59 Å². The first-order valence-corrected chi connectivity index (χ1v) is 4.37. The molecule has 0 atom stereocenters. The van der Waals surface area contributed by atoms with E-state index in [1.807, 2.05) is 0 Å². The zero-order valence-electron chi connectivity index (χ0n) is 9.01. The minimum Gasteiger partial charge on any atom is -0.504 e. The third-order valence-electron chi connectivity index (χ3n) is 1.62. The van der Waals surface area contributed by atoms with E-state index in [4.69, 9.17) is 20.0 Å². The van der Waals surface area contributed by atoms with Crippen molar-refractivity contribution in [3.8, 4) is 11.5 Å². The Bertz CT molecular complexity index is 447. The number of nitrogens with one attached hydrogen (secondary N) is 1. The number of carboxylic acids is 1. The number of phenolic OH excluding ortho intramolecular Hbond substituents is 1. The summed E-state index contributed by atoms with van der Waals surface area (Å²) in [5.74, 6) is -0.672. The summed E-state index contributed by atoms with van der Waals surface area (Å²) in [6.07, 6.45) is 3.19. The molecule has 6 nitrogen and oxygen atoms in total. The average Bonchev–Trinajstić information content (AvgIpc) is 2.29. The molecule has 1 aromatic rings. The predicted octanol–water partition coefficient (Wildman–Crippen LogP) is 1.40. The van der Waals surface area contributed by atoms with Gasteiger partial charge in [0, 0.05) is 6.08 Å². The molecule has 0 aliphatic heterocycles. The summed E-state index contributed by atoms with van der Waals surface area (Å²) >= 11 is 0. The summed E-state index contributed by atoms with van der Waals surface area (Å²) < 4.78 is 4.86. The standard InChI is InChI=1S/C10H10O4.CHNO/c1-14-9-6-7(2-4-8(9)11)3-5-10(12)13;2-1-3/h2-6,11H,1H3,(H,12,13);2H. The van der Waals surface area contributed by atoms with Crippen LogP contribution in [0.5, 0.6) is 11.5 Å². The third kappa shape index (κ3) is 5.76. The van der Waals surface area contributed by atoms with E-state index in [0.29, 0.717) is 11.3 Å². The molecule has 17 heavy (non-hydrogen) atoms. The Morgan fingerprint density at radius 3 is 2.59 bits per heavy atom. The molecular weight excluding hydrogens is 226 g/mol. The SMILES string of the molecule is COc1cc(C=CC(=O)O)ccc1O.N=C=O. The number of aliphatic carboxylic acids is 1. The fraction of sp³-hybridized carbons (Fsp3) is 0.0909. The van der Waals surface area contributed by atoms with Crippen LogP contribution in [-0.4, -0.2) is 29.4 Å². The van der Waals surface area contributed by atoms with Crippen molar-refractivity contribution in [1.82, 2.24) is 0 Å². The molecule has 0 saturated heterocycles. The number of carbonyl (C=O) groups is 1. The summed E-state index contributed by atoms with van der Waals surface area (Å²) in [6, 6.07) is 4.59. The minimum absolute atomic E-state index is 0.0278. The van der Waals surface area contributed by atoms with Crippen LogP contribution in [0.2, 0.25) is 0 Å². The quantitative estimate of drug-likeness (QED) is 0.418. The smallest absolute Gasteiger partial charge is 0.328 e. The van der Waals surface area contributed by atoms with Gasteiger partial charge in [-0.2, -0.15) is 0 Å². The van der Waals surface area contributed by atoms with Gasteiger partial charge in [0.15, 0.2) is 11.5 Å². The number of methoxy groups -OCH3 is 1. The van der Waals surface area contributed by atoms with Crippen LogP contribution >= 0.6 is 0 Å². The van der Waals surface area contributed by atoms with Crippen LogP contribution in [0.4, 0.5) is 0 Å². The number of ether oxygens (including phenoxy) is 1. The average molecular weight is 237 g/mol. The van der Waals surface area contributed by atoms with Crippen molar-refractivity contribution in [2.24, 2.45) is 0 Å². The van der Waals surface area contributed by atoms with Gasteiger partial charge in [-0.3, -0.25) is 0 Å². The zero-order chi connectivity index (χ0) is 13.3. The molecule has 0 radical (unpaired) electrons. The Labute approximate surface area is 97.3 Å². The van der Waals surface area contributed by atoms with Gasteiger partial charge in [0.1, 0.15) is 0 Å². The number of hydrogen-bond donors (Lipinski definition) is 3. The zero-order valence-corrected chi connectivity index (χ0v) is 9.01. The van der Waals surface area contributed by atoms with Gasteiger partial charge in [-0.1, -0.05) is 6.07 Å². The van der Waals surface area contributed by atoms with Crippen molar-refractivity contribution in [1.29, 1.82) is 5.41 Å². The van der Waals surface area contributed by atoms with Gasteiger partial charge in [0.05, 0.1) is 7.11 Å². The lowest BCUT2D eigenvalue weighted by Gasteiger charge is -2.03. The highest BCUT2D eigenvalue weighted by molar-refractivity contribution is 5.85. The molecule has 0 aliphatic carbocycles. The fourth-order valence-corrected chi connectivity index (χ4v) is 0.965. The first kappa shape index (κ1) is 14.4. The summed E-state index contributed by atoms with van der Waals surface area (Å²) in [7, 11) is 1.43. The van der Waals surface area contributed by atoms with E-state index in [9.17, 15) is 9.90 Å². The molecule has 0 saturated carbocycles. The molecular formula is C11H11NO5. The van der Waals surface area contributed by atoms with Crippen molar-refractivity contribution >= 4 is 18.1 Å². The molecule has 0 aromatic heterocycles. The molecule has 0 fully saturated rings. The highest BCUT2D eigenvalue weighted by atomic mass is 16.5. The van der Waals surface area contributed by atoms with Gasteiger partial charge in [0.2, 0.25) is 6.08 Å². The molecule has 1 aromatic carbocycles. The van der Waals surface area contributed by atoms with E-state index in [1.165, 1.54) is 19.3 Å². The molecule has 0 heterocycles. The Balaban J connectivity index is 0.000000770. The van der Waals surface area contributed by atoms with Crippen LogP contribution in [0.25, 0.3) is 6.08 Å². The first-order chi connectivity index (χ1) is 8.04. The van der Waals surface area contributed by atoms with Gasteiger partial charge in [-0.25, -0.2) is 15.0 Å². The van der Waals surface area contributed by atoms with E-state index in [1.54, 1.807) is 12.1 Å². The van der Waals surface area contributed by atoms with Crippen molar-refractivity contribution in [3.63, 3.8) is 0 Å². The fourth-order valence-electron chi connectivity index (χ4n) is 0.965. The number of benzene rings is 1. The van der Waals surface area contributed by atoms with Crippen molar-refractivity contribution in [3.05, 3.63) is 29.8 Å². The van der Waals surface area contributed by atoms with E-state index in [0.717, 1.165) is 12.2 Å². The summed E-state index contributed by atoms with van der Waals surface area (Å²) in [5, 5.41) is 23.0. The van der Waals surface area contributed by atoms with Gasteiger partial charge in [-0.05, 0) is 23.8 Å².